The van der Waals surface area contributed by atoms with E-state index in [0.29, 0.717) is 16.8 Å². The SMILES string of the molecule is CCC(CC)C(Br)CNS(=O)(=O)c1cc(C)c(Cl)s1. The van der Waals surface area contributed by atoms with Gasteiger partial charge in [0.2, 0.25) is 10.0 Å². The summed E-state index contributed by atoms with van der Waals surface area (Å²) < 4.78 is 27.7. The van der Waals surface area contributed by atoms with Crippen molar-refractivity contribution < 1.29 is 8.42 Å². The van der Waals surface area contributed by atoms with Gasteiger partial charge in [0.1, 0.15) is 4.21 Å². The van der Waals surface area contributed by atoms with Crippen LogP contribution < -0.4 is 4.72 Å². The van der Waals surface area contributed by atoms with Crippen molar-refractivity contribution in [2.75, 3.05) is 6.54 Å². The van der Waals surface area contributed by atoms with Crippen molar-refractivity contribution in [3.8, 4) is 0 Å². The fourth-order valence-electron chi connectivity index (χ4n) is 1.79. The summed E-state index contributed by atoms with van der Waals surface area (Å²) in [6, 6.07) is 1.61. The van der Waals surface area contributed by atoms with Crippen LogP contribution in [0.3, 0.4) is 0 Å². The Morgan fingerprint density at radius 1 is 1.42 bits per heavy atom. The molecule has 1 unspecified atom stereocenters. The summed E-state index contributed by atoms with van der Waals surface area (Å²) in [7, 11) is -3.45. The molecule has 7 heteroatoms. The summed E-state index contributed by atoms with van der Waals surface area (Å²) in [5, 5.41) is 0. The van der Waals surface area contributed by atoms with Gasteiger partial charge in [0.15, 0.2) is 0 Å². The molecule has 0 saturated heterocycles. The van der Waals surface area contributed by atoms with E-state index in [2.05, 4.69) is 34.5 Å². The molecule has 0 bridgehead atoms. The largest absolute Gasteiger partial charge is 0.250 e. The summed E-state index contributed by atoms with van der Waals surface area (Å²) in [5.41, 5.74) is 0.794. The molecule has 0 fully saturated rings. The number of aryl methyl sites for hydroxylation is 1. The molecule has 0 spiro atoms. The Morgan fingerprint density at radius 3 is 2.42 bits per heavy atom. The fraction of sp³-hybridized carbons (Fsp3) is 0.667. The van der Waals surface area contributed by atoms with Gasteiger partial charge in [-0.05, 0) is 24.5 Å². The molecule has 0 radical (unpaired) electrons. The van der Waals surface area contributed by atoms with Crippen LogP contribution in [-0.4, -0.2) is 19.8 Å². The van der Waals surface area contributed by atoms with Crippen molar-refractivity contribution in [1.29, 1.82) is 0 Å². The third-order valence-corrected chi connectivity index (χ3v) is 7.65. The van der Waals surface area contributed by atoms with E-state index < -0.39 is 10.0 Å². The summed E-state index contributed by atoms with van der Waals surface area (Å²) >= 11 is 10.6. The van der Waals surface area contributed by atoms with Crippen molar-refractivity contribution in [3.63, 3.8) is 0 Å². The minimum atomic E-state index is -3.45. The minimum Gasteiger partial charge on any atom is -0.209 e. The van der Waals surface area contributed by atoms with Crippen LogP contribution in [0.25, 0.3) is 0 Å². The Morgan fingerprint density at radius 2 is 2.00 bits per heavy atom. The normalized spacial score (nSPS) is 14.0. The van der Waals surface area contributed by atoms with Gasteiger partial charge in [-0.3, -0.25) is 0 Å². The minimum absolute atomic E-state index is 0.147. The standard InChI is InChI=1S/C12H19BrClNO2S2/c1-4-9(5-2)10(13)7-15-19(16,17)11-6-8(3)12(14)18-11/h6,9-10,15H,4-5,7H2,1-3H3. The van der Waals surface area contributed by atoms with Gasteiger partial charge in [0, 0.05) is 11.4 Å². The topological polar surface area (TPSA) is 46.2 Å². The third kappa shape index (κ3) is 4.70. The molecule has 0 aromatic carbocycles. The molecule has 0 aliphatic rings. The zero-order valence-corrected chi connectivity index (χ0v) is 15.2. The van der Waals surface area contributed by atoms with Crippen molar-refractivity contribution in [1.82, 2.24) is 4.72 Å². The van der Waals surface area contributed by atoms with Gasteiger partial charge < -0.3 is 0 Å². The molecule has 1 N–H and O–H groups in total. The molecule has 0 aliphatic heterocycles. The monoisotopic (exact) mass is 387 g/mol. The quantitative estimate of drug-likeness (QED) is 0.712. The molecule has 110 valence electrons. The van der Waals surface area contributed by atoms with Crippen LogP contribution in [0.15, 0.2) is 10.3 Å². The molecular weight excluding hydrogens is 370 g/mol. The van der Waals surface area contributed by atoms with Crippen LogP contribution in [0.5, 0.6) is 0 Å². The summed E-state index contributed by atoms with van der Waals surface area (Å²) in [6.45, 7) is 6.41. The molecule has 19 heavy (non-hydrogen) atoms. The zero-order chi connectivity index (χ0) is 14.6. The van der Waals surface area contributed by atoms with Gasteiger partial charge in [0.05, 0.1) is 4.34 Å². The lowest BCUT2D eigenvalue weighted by molar-refractivity contribution is 0.471. The number of rotatable bonds is 7. The third-order valence-electron chi connectivity index (χ3n) is 3.13. The predicted octanol–water partition coefficient (Wildman–Crippen LogP) is 4.19. The molecule has 0 saturated carbocycles. The van der Waals surface area contributed by atoms with E-state index in [4.69, 9.17) is 11.6 Å². The maximum atomic E-state index is 12.1. The molecule has 0 aliphatic carbocycles. The van der Waals surface area contributed by atoms with Crippen LogP contribution in [-0.2, 0) is 10.0 Å². The maximum Gasteiger partial charge on any atom is 0.250 e. The van der Waals surface area contributed by atoms with E-state index >= 15 is 0 Å². The highest BCUT2D eigenvalue weighted by Crippen LogP contribution is 2.30. The molecule has 1 atom stereocenters. The Hall–Kier alpha value is 0.380. The van der Waals surface area contributed by atoms with E-state index in [0.717, 1.165) is 29.7 Å². The molecular formula is C12H19BrClNO2S2. The Balaban J connectivity index is 2.71. The van der Waals surface area contributed by atoms with Gasteiger partial charge in [-0.2, -0.15) is 0 Å². The number of hydrogen-bond donors (Lipinski definition) is 1. The van der Waals surface area contributed by atoms with Crippen molar-refractivity contribution in [2.45, 2.75) is 42.6 Å². The second-order valence-electron chi connectivity index (χ2n) is 4.47. The Labute approximate surface area is 132 Å². The summed E-state index contributed by atoms with van der Waals surface area (Å²) in [6.07, 6.45) is 2.05. The van der Waals surface area contributed by atoms with Crippen molar-refractivity contribution in [2.24, 2.45) is 5.92 Å². The van der Waals surface area contributed by atoms with E-state index in [1.54, 1.807) is 13.0 Å². The van der Waals surface area contributed by atoms with E-state index in [1.165, 1.54) is 0 Å². The lowest BCUT2D eigenvalue weighted by Crippen LogP contribution is -2.32. The molecule has 1 rings (SSSR count). The first-order chi connectivity index (χ1) is 8.81. The second kappa shape index (κ2) is 7.41. The lowest BCUT2D eigenvalue weighted by atomic mass is 10.00. The number of alkyl halides is 1. The number of halogens is 2. The van der Waals surface area contributed by atoms with Crippen molar-refractivity contribution >= 4 is 48.9 Å². The zero-order valence-electron chi connectivity index (χ0n) is 11.2. The van der Waals surface area contributed by atoms with Crippen LogP contribution in [0.2, 0.25) is 4.34 Å². The highest BCUT2D eigenvalue weighted by Gasteiger charge is 2.22. The first-order valence-corrected chi connectivity index (χ1v) is 9.80. The van der Waals surface area contributed by atoms with Gasteiger partial charge in [-0.1, -0.05) is 54.2 Å². The number of thiophene rings is 1. The van der Waals surface area contributed by atoms with Crippen LogP contribution in [0.1, 0.15) is 32.3 Å². The molecule has 3 nitrogen and oxygen atoms in total. The van der Waals surface area contributed by atoms with Crippen LogP contribution in [0, 0.1) is 12.8 Å². The van der Waals surface area contributed by atoms with E-state index in [9.17, 15) is 8.42 Å². The number of nitrogens with one attached hydrogen (secondary N) is 1. The average molecular weight is 389 g/mol. The summed E-state index contributed by atoms with van der Waals surface area (Å²) in [4.78, 5) is 0.147. The first kappa shape index (κ1) is 17.4. The fourth-order valence-corrected chi connectivity index (χ4v) is 5.73. The Kier molecular flexibility index (Phi) is 6.79. The first-order valence-electron chi connectivity index (χ1n) is 6.21. The smallest absolute Gasteiger partial charge is 0.209 e. The second-order valence-corrected chi connectivity index (χ2v) is 9.29. The van der Waals surface area contributed by atoms with Gasteiger partial charge in [-0.25, -0.2) is 13.1 Å². The average Bonchev–Trinajstić information content (AvgIpc) is 2.70. The Bertz CT molecular complexity index is 492. The highest BCUT2D eigenvalue weighted by atomic mass is 79.9. The van der Waals surface area contributed by atoms with Gasteiger partial charge in [0.25, 0.3) is 0 Å². The number of hydrogen-bond acceptors (Lipinski definition) is 3. The lowest BCUT2D eigenvalue weighted by Gasteiger charge is -2.19. The highest BCUT2D eigenvalue weighted by molar-refractivity contribution is 9.09. The van der Waals surface area contributed by atoms with Crippen LogP contribution in [0.4, 0.5) is 0 Å². The van der Waals surface area contributed by atoms with E-state index in [1.807, 2.05) is 0 Å². The molecule has 0 amide bonds. The van der Waals surface area contributed by atoms with Gasteiger partial charge in [-0.15, -0.1) is 11.3 Å². The molecule has 1 heterocycles. The predicted molar refractivity (Wildman–Crippen MR) is 86.0 cm³/mol. The van der Waals surface area contributed by atoms with Crippen LogP contribution >= 0.6 is 38.9 Å². The summed E-state index contributed by atoms with van der Waals surface area (Å²) in [5.74, 6) is 0.469. The molecule has 1 aromatic rings. The van der Waals surface area contributed by atoms with E-state index in [-0.39, 0.29) is 9.04 Å². The maximum absolute atomic E-state index is 12.1. The number of sulfonamides is 1. The van der Waals surface area contributed by atoms with Crippen molar-refractivity contribution in [3.05, 3.63) is 16.0 Å². The van der Waals surface area contributed by atoms with Gasteiger partial charge >= 0.3 is 0 Å². The molecule has 1 aromatic heterocycles.